The molecular formula is C13H25NOS. The number of hydrogen-bond donors (Lipinski definition) is 2. The maximum absolute atomic E-state index is 9.47. The molecule has 2 saturated carbocycles. The van der Waals surface area contributed by atoms with Crippen LogP contribution in [0, 0.1) is 0 Å². The van der Waals surface area contributed by atoms with E-state index in [1.54, 1.807) is 0 Å². The van der Waals surface area contributed by atoms with Gasteiger partial charge in [0.1, 0.15) is 0 Å². The summed E-state index contributed by atoms with van der Waals surface area (Å²) in [6.45, 7) is 0.297. The van der Waals surface area contributed by atoms with E-state index < -0.39 is 0 Å². The number of thioether (sulfide) groups is 1. The summed E-state index contributed by atoms with van der Waals surface area (Å²) in [4.78, 5) is 0. The molecule has 2 atom stereocenters. The van der Waals surface area contributed by atoms with Gasteiger partial charge in [-0.25, -0.2) is 0 Å². The third-order valence-corrected chi connectivity index (χ3v) is 5.98. The topological polar surface area (TPSA) is 32.3 Å². The fourth-order valence-corrected chi connectivity index (χ4v) is 4.94. The lowest BCUT2D eigenvalue weighted by molar-refractivity contribution is 0.173. The Morgan fingerprint density at radius 2 is 1.94 bits per heavy atom. The number of rotatable bonds is 4. The largest absolute Gasteiger partial charge is 0.394 e. The van der Waals surface area contributed by atoms with E-state index in [1.807, 2.05) is 7.05 Å². The first-order valence-electron chi connectivity index (χ1n) is 6.73. The Labute approximate surface area is 104 Å². The molecule has 0 saturated heterocycles. The summed E-state index contributed by atoms with van der Waals surface area (Å²) in [6, 6.07) is 0. The van der Waals surface area contributed by atoms with Crippen molar-refractivity contribution in [3.8, 4) is 0 Å². The van der Waals surface area contributed by atoms with Crippen molar-refractivity contribution in [3.63, 3.8) is 0 Å². The molecule has 2 unspecified atom stereocenters. The van der Waals surface area contributed by atoms with Crippen molar-refractivity contribution in [1.29, 1.82) is 0 Å². The van der Waals surface area contributed by atoms with Gasteiger partial charge in [0.25, 0.3) is 0 Å². The molecule has 3 heteroatoms. The number of likely N-dealkylation sites (N-methyl/N-ethyl adjacent to an activating group) is 1. The van der Waals surface area contributed by atoms with Crippen LogP contribution in [0.2, 0.25) is 0 Å². The van der Waals surface area contributed by atoms with E-state index in [0.717, 1.165) is 23.3 Å². The minimum atomic E-state index is 0.0341. The number of nitrogens with one attached hydrogen (secondary N) is 1. The Balaban J connectivity index is 1.79. The molecule has 0 aromatic heterocycles. The van der Waals surface area contributed by atoms with Crippen molar-refractivity contribution in [1.82, 2.24) is 5.32 Å². The van der Waals surface area contributed by atoms with E-state index in [2.05, 4.69) is 17.1 Å². The Morgan fingerprint density at radius 3 is 2.50 bits per heavy atom. The standard InChI is InChI=1S/C13H25NOS/c1-14-13(10-15)8-7-12(9-13)16-11-5-3-2-4-6-11/h11-12,14-15H,2-10H2,1H3. The van der Waals surface area contributed by atoms with Crippen molar-refractivity contribution in [3.05, 3.63) is 0 Å². The van der Waals surface area contributed by atoms with E-state index in [4.69, 9.17) is 0 Å². The first kappa shape index (κ1) is 12.7. The van der Waals surface area contributed by atoms with Crippen molar-refractivity contribution in [2.75, 3.05) is 13.7 Å². The summed E-state index contributed by atoms with van der Waals surface area (Å²) in [5.41, 5.74) is 0.0341. The molecule has 0 aromatic carbocycles. The molecule has 2 fully saturated rings. The zero-order valence-corrected chi connectivity index (χ0v) is 11.2. The monoisotopic (exact) mass is 243 g/mol. The van der Waals surface area contributed by atoms with Gasteiger partial charge in [-0.05, 0) is 39.2 Å². The summed E-state index contributed by atoms with van der Waals surface area (Å²) in [5, 5.41) is 14.5. The van der Waals surface area contributed by atoms with Crippen molar-refractivity contribution >= 4 is 11.8 Å². The molecule has 2 rings (SSSR count). The fourth-order valence-electron chi connectivity index (χ4n) is 3.12. The molecule has 0 aromatic rings. The van der Waals surface area contributed by atoms with Crippen LogP contribution in [0.15, 0.2) is 0 Å². The van der Waals surface area contributed by atoms with Crippen LogP contribution in [0.4, 0.5) is 0 Å². The second kappa shape index (κ2) is 5.74. The first-order chi connectivity index (χ1) is 7.78. The maximum Gasteiger partial charge on any atom is 0.0613 e. The van der Waals surface area contributed by atoms with Gasteiger partial charge in [0.15, 0.2) is 0 Å². The number of aliphatic hydroxyl groups excluding tert-OH is 1. The van der Waals surface area contributed by atoms with Gasteiger partial charge in [0.2, 0.25) is 0 Å². The summed E-state index contributed by atoms with van der Waals surface area (Å²) >= 11 is 2.21. The van der Waals surface area contributed by atoms with Gasteiger partial charge < -0.3 is 10.4 Å². The van der Waals surface area contributed by atoms with Gasteiger partial charge in [-0.1, -0.05) is 19.3 Å². The average Bonchev–Trinajstić information content (AvgIpc) is 2.75. The Bertz CT molecular complexity index is 212. The smallest absolute Gasteiger partial charge is 0.0613 e. The minimum Gasteiger partial charge on any atom is -0.394 e. The lowest BCUT2D eigenvalue weighted by Gasteiger charge is -2.28. The van der Waals surface area contributed by atoms with E-state index >= 15 is 0 Å². The Kier molecular flexibility index (Phi) is 4.57. The lowest BCUT2D eigenvalue weighted by atomic mass is 10.00. The molecule has 0 aliphatic heterocycles. The molecule has 0 heterocycles. The van der Waals surface area contributed by atoms with Crippen molar-refractivity contribution in [2.45, 2.75) is 67.4 Å². The third-order valence-electron chi connectivity index (χ3n) is 4.33. The molecule has 16 heavy (non-hydrogen) atoms. The van der Waals surface area contributed by atoms with Gasteiger partial charge in [0.05, 0.1) is 6.61 Å². The average molecular weight is 243 g/mol. The highest BCUT2D eigenvalue weighted by molar-refractivity contribution is 8.00. The Hall–Kier alpha value is 0.270. The summed E-state index contributed by atoms with van der Waals surface area (Å²) < 4.78 is 0. The molecule has 0 amide bonds. The van der Waals surface area contributed by atoms with E-state index in [-0.39, 0.29) is 5.54 Å². The van der Waals surface area contributed by atoms with Crippen molar-refractivity contribution in [2.24, 2.45) is 0 Å². The van der Waals surface area contributed by atoms with E-state index in [9.17, 15) is 5.11 Å². The van der Waals surface area contributed by atoms with Crippen LogP contribution in [-0.4, -0.2) is 34.8 Å². The highest BCUT2D eigenvalue weighted by Crippen LogP contribution is 2.41. The molecule has 2 aliphatic carbocycles. The van der Waals surface area contributed by atoms with Gasteiger partial charge >= 0.3 is 0 Å². The quantitative estimate of drug-likeness (QED) is 0.796. The van der Waals surface area contributed by atoms with E-state index in [0.29, 0.717) is 6.61 Å². The highest BCUT2D eigenvalue weighted by atomic mass is 32.2. The molecule has 0 spiro atoms. The summed E-state index contributed by atoms with van der Waals surface area (Å²) in [6.07, 6.45) is 10.7. The van der Waals surface area contributed by atoms with Gasteiger partial charge in [-0.2, -0.15) is 11.8 Å². The second-order valence-electron chi connectivity index (χ2n) is 5.45. The van der Waals surface area contributed by atoms with Gasteiger partial charge in [0, 0.05) is 16.0 Å². The highest BCUT2D eigenvalue weighted by Gasteiger charge is 2.38. The number of aliphatic hydroxyl groups is 1. The van der Waals surface area contributed by atoms with Crippen LogP contribution in [0.25, 0.3) is 0 Å². The lowest BCUT2D eigenvalue weighted by Crippen LogP contribution is -2.44. The Morgan fingerprint density at radius 1 is 1.19 bits per heavy atom. The minimum absolute atomic E-state index is 0.0341. The van der Waals surface area contributed by atoms with Gasteiger partial charge in [-0.3, -0.25) is 0 Å². The molecule has 0 radical (unpaired) electrons. The maximum atomic E-state index is 9.47. The summed E-state index contributed by atoms with van der Waals surface area (Å²) in [5.74, 6) is 0. The van der Waals surface area contributed by atoms with Crippen LogP contribution in [0.1, 0.15) is 51.4 Å². The van der Waals surface area contributed by atoms with Gasteiger partial charge in [-0.15, -0.1) is 0 Å². The normalized spacial score (nSPS) is 36.8. The summed E-state index contributed by atoms with van der Waals surface area (Å²) in [7, 11) is 1.99. The van der Waals surface area contributed by atoms with Crippen molar-refractivity contribution < 1.29 is 5.11 Å². The van der Waals surface area contributed by atoms with Crippen LogP contribution < -0.4 is 5.32 Å². The molecule has 2 N–H and O–H groups in total. The molecule has 94 valence electrons. The predicted molar refractivity (Wildman–Crippen MR) is 71.0 cm³/mol. The van der Waals surface area contributed by atoms with E-state index in [1.165, 1.54) is 38.5 Å². The molecule has 2 nitrogen and oxygen atoms in total. The first-order valence-corrected chi connectivity index (χ1v) is 7.67. The number of hydrogen-bond acceptors (Lipinski definition) is 3. The molecule has 0 bridgehead atoms. The predicted octanol–water partition coefficient (Wildman–Crippen LogP) is 2.56. The molecule has 2 aliphatic rings. The third kappa shape index (κ3) is 2.93. The zero-order valence-electron chi connectivity index (χ0n) is 10.4. The van der Waals surface area contributed by atoms with Crippen LogP contribution in [0.5, 0.6) is 0 Å². The SMILES string of the molecule is CNC1(CO)CCC(SC2CCCCC2)C1. The molecular weight excluding hydrogens is 218 g/mol. The zero-order chi connectivity index (χ0) is 11.4. The fraction of sp³-hybridized carbons (Fsp3) is 1.00. The van der Waals surface area contributed by atoms with Crippen LogP contribution in [0.3, 0.4) is 0 Å². The van der Waals surface area contributed by atoms with Crippen LogP contribution >= 0.6 is 11.8 Å². The second-order valence-corrected chi connectivity index (χ2v) is 7.05. The van der Waals surface area contributed by atoms with Crippen LogP contribution in [-0.2, 0) is 0 Å².